The fraction of sp³-hybridized carbons (Fsp3) is 0.830. The van der Waals surface area contributed by atoms with Crippen molar-refractivity contribution in [3.05, 3.63) is 50.6 Å². The zero-order valence-corrected chi connectivity index (χ0v) is 51.3. The molecule has 2 unspecified atom stereocenters. The van der Waals surface area contributed by atoms with Crippen LogP contribution in [0, 0.1) is 17.2 Å². The van der Waals surface area contributed by atoms with E-state index in [-0.39, 0.29) is 65.4 Å². The quantitative estimate of drug-likeness (QED) is 0.0128. The lowest BCUT2D eigenvalue weighted by Gasteiger charge is -2.45. The predicted octanol–water partition coefficient (Wildman–Crippen LogP) is 13.2. The first-order chi connectivity index (χ1) is 36.3. The second-order valence-corrected chi connectivity index (χ2v) is 23.9. The summed E-state index contributed by atoms with van der Waals surface area (Å²) in [6, 6.07) is 0. The second kappa shape index (κ2) is 45.5. The highest BCUT2D eigenvalue weighted by Crippen LogP contribution is 2.54. The standard InChI is InChI=1S/C27H47Cl3NO9P.C25H47O9P.CH4.H3N/c1-7-10-11-12-13-14-21(34-6)15-18-35-23-20(4)25(39-26(31)27(28,29)30)38-22(19-33-5)24(23)40-41(32,36-16-8-2)37-17-9-3;1-7-10-11-12-13-14-21(29-6)15-18-30-23-20(4)25(26)33-22(19-28-5)24(23)34-35(27,31-16-8-2)32-17-9-3;;/h8-9,20-25,31H,2-3,7,10-19H2,1,4-6H3;8-9,20-26H,2-3,7,10-19H2,1,4-6H3;1H4;1H3/t2*20-,21-,22-,23-,24-,25?;;/m11../s1. The van der Waals surface area contributed by atoms with Gasteiger partial charge in [0.2, 0.25) is 12.2 Å². The zero-order chi connectivity index (χ0) is 57.0. The maximum Gasteiger partial charge on any atom is 0.475 e. The highest BCUT2D eigenvalue weighted by molar-refractivity contribution is 7.48. The van der Waals surface area contributed by atoms with Gasteiger partial charge in [0.1, 0.15) is 24.4 Å². The Labute approximate surface area is 483 Å². The largest absolute Gasteiger partial charge is 0.475 e. The van der Waals surface area contributed by atoms with Crippen molar-refractivity contribution in [2.45, 2.75) is 190 Å². The number of ether oxygens (including phenoxy) is 9. The fourth-order valence-corrected chi connectivity index (χ4v) is 11.0. The third-order valence-electron chi connectivity index (χ3n) is 12.4. The second-order valence-electron chi connectivity index (χ2n) is 18.4. The Balaban J connectivity index is 0. The van der Waals surface area contributed by atoms with E-state index in [2.05, 4.69) is 40.2 Å². The number of aliphatic hydroxyl groups is 1. The Morgan fingerprint density at radius 1 is 0.615 bits per heavy atom. The first-order valence-electron chi connectivity index (χ1n) is 26.5. The highest BCUT2D eigenvalue weighted by atomic mass is 35.6. The van der Waals surface area contributed by atoms with E-state index in [1.165, 1.54) is 83.5 Å². The number of phosphoric ester groups is 2. The van der Waals surface area contributed by atoms with Crippen molar-refractivity contribution in [1.82, 2.24) is 6.15 Å². The molecule has 0 saturated carbocycles. The lowest BCUT2D eigenvalue weighted by atomic mass is 9.92. The molecule has 0 aliphatic carbocycles. The average Bonchev–Trinajstić information content (AvgIpc) is 3.39. The van der Waals surface area contributed by atoms with Crippen LogP contribution in [-0.4, -0.2) is 158 Å². The number of nitrogens with one attached hydrogen (secondary N) is 1. The molecule has 0 radical (unpaired) electrons. The molecule has 12 atom stereocenters. The topological polar surface area (TPSA) is 252 Å². The third-order valence-corrected chi connectivity index (χ3v) is 15.8. The van der Waals surface area contributed by atoms with Crippen molar-refractivity contribution in [3.8, 4) is 0 Å². The summed E-state index contributed by atoms with van der Waals surface area (Å²) in [6.45, 7) is 22.8. The number of hydrogen-bond acceptors (Lipinski definition) is 20. The van der Waals surface area contributed by atoms with Gasteiger partial charge in [-0.25, -0.2) is 9.13 Å². The molecule has 0 aromatic rings. The lowest BCUT2D eigenvalue weighted by Crippen LogP contribution is -2.58. The maximum absolute atomic E-state index is 13.6. The van der Waals surface area contributed by atoms with Gasteiger partial charge in [-0.05, 0) is 25.7 Å². The van der Waals surface area contributed by atoms with Crippen LogP contribution in [0.4, 0.5) is 0 Å². The van der Waals surface area contributed by atoms with Crippen molar-refractivity contribution in [1.29, 1.82) is 5.41 Å². The Bertz CT molecular complexity index is 1650. The number of aliphatic hydroxyl groups excluding tert-OH is 1. The minimum atomic E-state index is -4.13. The number of rotatable bonds is 43. The summed E-state index contributed by atoms with van der Waals surface area (Å²) in [5.41, 5.74) is 0. The molecule has 0 amide bonds. The average molecular weight is 1220 g/mol. The summed E-state index contributed by atoms with van der Waals surface area (Å²) in [7, 11) is -1.77. The summed E-state index contributed by atoms with van der Waals surface area (Å²) in [5.74, 6) is -1.66. The first-order valence-corrected chi connectivity index (χ1v) is 30.5. The number of alkyl halides is 3. The molecule has 5 N–H and O–H groups in total. The Morgan fingerprint density at radius 2 is 0.987 bits per heavy atom. The number of phosphoric acid groups is 2. The van der Waals surface area contributed by atoms with Crippen LogP contribution in [-0.2, 0) is 78.9 Å². The van der Waals surface area contributed by atoms with Crippen LogP contribution in [0.25, 0.3) is 0 Å². The van der Waals surface area contributed by atoms with Gasteiger partial charge in [-0.3, -0.25) is 32.6 Å². The van der Waals surface area contributed by atoms with Crippen molar-refractivity contribution in [2.24, 2.45) is 11.8 Å². The monoisotopic (exact) mass is 1220 g/mol. The van der Waals surface area contributed by atoms with Crippen LogP contribution in [0.15, 0.2) is 50.6 Å². The molecule has 2 heterocycles. The van der Waals surface area contributed by atoms with Gasteiger partial charge in [0, 0.05) is 53.5 Å². The third kappa shape index (κ3) is 31.1. The number of methoxy groups -OCH3 is 4. The highest BCUT2D eigenvalue weighted by Gasteiger charge is 2.52. The van der Waals surface area contributed by atoms with E-state index in [0.29, 0.717) is 26.1 Å². The molecule has 2 fully saturated rings. The Hall–Kier alpha value is -0.880. The van der Waals surface area contributed by atoms with E-state index in [1.807, 2.05) is 0 Å². The van der Waals surface area contributed by atoms with E-state index >= 15 is 0 Å². The summed E-state index contributed by atoms with van der Waals surface area (Å²) in [6.07, 6.45) is 13.8. The number of halogens is 3. The van der Waals surface area contributed by atoms with Crippen molar-refractivity contribution < 1.29 is 84.0 Å². The van der Waals surface area contributed by atoms with Gasteiger partial charge >= 0.3 is 15.6 Å². The Morgan fingerprint density at radius 3 is 1.33 bits per heavy atom. The van der Waals surface area contributed by atoms with Crippen molar-refractivity contribution in [2.75, 3.05) is 81.3 Å². The molecule has 2 aliphatic rings. The van der Waals surface area contributed by atoms with E-state index in [0.717, 1.165) is 32.1 Å². The summed E-state index contributed by atoms with van der Waals surface area (Å²) < 4.78 is 110. The minimum absolute atomic E-state index is 0. The van der Waals surface area contributed by atoms with E-state index in [4.69, 9.17) is 110 Å². The molecular weight excluding hydrogens is 1120 g/mol. The molecule has 0 aromatic heterocycles. The molecule has 462 valence electrons. The minimum Gasteiger partial charge on any atom is -0.448 e. The van der Waals surface area contributed by atoms with Crippen molar-refractivity contribution >= 4 is 56.3 Å². The number of unbranched alkanes of at least 4 members (excludes halogenated alkanes) is 8. The zero-order valence-electron chi connectivity index (χ0n) is 47.2. The first kappa shape index (κ1) is 79.2. The van der Waals surface area contributed by atoms with Crippen molar-refractivity contribution in [3.63, 3.8) is 0 Å². The van der Waals surface area contributed by atoms with Gasteiger partial charge in [0.15, 0.2) is 6.29 Å². The molecule has 0 bridgehead atoms. The summed E-state index contributed by atoms with van der Waals surface area (Å²) in [5, 5.41) is 18.5. The molecule has 2 saturated heterocycles. The molecule has 20 nitrogen and oxygen atoms in total. The molecule has 78 heavy (non-hydrogen) atoms. The number of hydrogen-bond donors (Lipinski definition) is 3. The fourth-order valence-electron chi connectivity index (χ4n) is 8.21. The van der Waals surface area contributed by atoms with Gasteiger partial charge < -0.3 is 53.9 Å². The maximum atomic E-state index is 13.6. The molecule has 2 aliphatic heterocycles. The molecule has 0 spiro atoms. The van der Waals surface area contributed by atoms with Gasteiger partial charge in [-0.2, -0.15) is 0 Å². The molecule has 2 rings (SSSR count). The van der Waals surface area contributed by atoms with Crippen LogP contribution in [0.1, 0.15) is 125 Å². The van der Waals surface area contributed by atoms with Crippen LogP contribution >= 0.6 is 50.4 Å². The van der Waals surface area contributed by atoms with Crippen LogP contribution in [0.5, 0.6) is 0 Å². The smallest absolute Gasteiger partial charge is 0.448 e. The molecule has 25 heteroatoms. The van der Waals surface area contributed by atoms with Gasteiger partial charge in [-0.15, -0.1) is 26.3 Å². The van der Waals surface area contributed by atoms with Crippen LogP contribution in [0.2, 0.25) is 0 Å². The molecular formula is C53H101Cl3N2O18P2. The van der Waals surface area contributed by atoms with Crippen LogP contribution < -0.4 is 6.15 Å². The lowest BCUT2D eigenvalue weighted by molar-refractivity contribution is -0.273. The van der Waals surface area contributed by atoms with Gasteiger partial charge in [0.25, 0.3) is 3.79 Å². The van der Waals surface area contributed by atoms with Crippen LogP contribution in [0.3, 0.4) is 0 Å². The normalized spacial score (nSPS) is 24.3. The summed E-state index contributed by atoms with van der Waals surface area (Å²) >= 11 is 17.5. The van der Waals surface area contributed by atoms with E-state index in [1.54, 1.807) is 28.1 Å². The van der Waals surface area contributed by atoms with E-state index in [9.17, 15) is 14.2 Å². The summed E-state index contributed by atoms with van der Waals surface area (Å²) in [4.78, 5) is 0. The van der Waals surface area contributed by atoms with E-state index < -0.39 is 86.4 Å². The Kier molecular flexibility index (Phi) is 46.2. The SMILES string of the molecule is C.C=CCOP(=O)(OCC=C)O[C@H]1[C@H](OCC[C@@H](CCCCCCC)OC)[C@@H](C)C(O)O[C@@H]1COC.C=CCOP(=O)(OCC=C)O[C@H]1[C@H](OCC[C@@H](CCCCCCC)OC)[C@@H](C)C(OC(=N)C(Cl)(Cl)Cl)O[C@@H]1COC.N. The van der Waals surface area contributed by atoms with Gasteiger partial charge in [-0.1, -0.05) is 158 Å². The van der Waals surface area contributed by atoms with Gasteiger partial charge in [0.05, 0.1) is 64.1 Å². The molecule has 0 aromatic carbocycles. The predicted molar refractivity (Wildman–Crippen MR) is 309 cm³/mol.